The second kappa shape index (κ2) is 16.4. The van der Waals surface area contributed by atoms with E-state index in [1.807, 2.05) is 0 Å². The highest BCUT2D eigenvalue weighted by Gasteiger charge is 2.31. The topological polar surface area (TPSA) is 54.8 Å². The first-order valence-corrected chi connectivity index (χ1v) is 16.2. The van der Waals surface area contributed by atoms with Crippen molar-refractivity contribution in [2.45, 2.75) is 48.7 Å². The number of benzene rings is 4. The Labute approximate surface area is 325 Å². The highest BCUT2D eigenvalue weighted by Crippen LogP contribution is 2.32. The van der Waals surface area contributed by atoms with E-state index < -0.39 is 122 Å². The van der Waals surface area contributed by atoms with Crippen LogP contribution >= 0.6 is 11.8 Å². The number of fused-ring (bicyclic) bond motifs is 1. The average molecular weight is 752 g/mol. The van der Waals surface area contributed by atoms with Crippen LogP contribution in [0.3, 0.4) is 0 Å². The Kier molecular flexibility index (Phi) is 6.91. The summed E-state index contributed by atoms with van der Waals surface area (Å²) in [4.78, 5) is 28.3. The Morgan fingerprint density at radius 3 is 2.38 bits per heavy atom. The first-order valence-electron chi connectivity index (χ1n) is 23.3. The zero-order valence-corrected chi connectivity index (χ0v) is 27.5. The van der Waals surface area contributed by atoms with E-state index in [0.29, 0.717) is 6.07 Å². The quantitative estimate of drug-likeness (QED) is 0.0948. The number of aromatic nitrogens is 1. The Hall–Kier alpha value is -4.52. The molecule has 2 heterocycles. The van der Waals surface area contributed by atoms with Gasteiger partial charge >= 0.3 is 6.18 Å². The summed E-state index contributed by atoms with van der Waals surface area (Å²) in [6.07, 6.45) is -13.1. The maximum absolute atomic E-state index is 15.3. The summed E-state index contributed by atoms with van der Waals surface area (Å²) < 4.78 is 216. The summed E-state index contributed by atoms with van der Waals surface area (Å²) in [6, 6.07) is 12.2. The van der Waals surface area contributed by atoms with E-state index in [2.05, 4.69) is 4.74 Å². The number of hydrogen-bond acceptors (Lipinski definition) is 5. The Morgan fingerprint density at radius 2 is 1.69 bits per heavy atom. The van der Waals surface area contributed by atoms with E-state index in [0.717, 1.165) is 71.3 Å². The van der Waals surface area contributed by atoms with Gasteiger partial charge in [0.2, 0.25) is 5.91 Å². The first kappa shape index (κ1) is 21.9. The lowest BCUT2D eigenvalue weighted by atomic mass is 10.00. The van der Waals surface area contributed by atoms with Crippen LogP contribution in [0.15, 0.2) is 107 Å². The summed E-state index contributed by atoms with van der Waals surface area (Å²) in [6.45, 7) is -15.2. The predicted octanol–water partition coefficient (Wildman–Crippen LogP) is 8.40. The van der Waals surface area contributed by atoms with Crippen LogP contribution in [-0.4, -0.2) is 59.5 Å². The van der Waals surface area contributed by atoms with Crippen LogP contribution in [0, 0.1) is 11.6 Å². The van der Waals surface area contributed by atoms with Crippen molar-refractivity contribution >= 4 is 28.6 Å². The second-order valence-electron chi connectivity index (χ2n) is 11.1. The van der Waals surface area contributed by atoms with Crippen LogP contribution in [0.1, 0.15) is 51.4 Å². The number of piperidine rings is 1. The molecule has 4 aromatic carbocycles. The van der Waals surface area contributed by atoms with Crippen molar-refractivity contribution < 1.29 is 53.4 Å². The number of halogens is 5. The highest BCUT2D eigenvalue weighted by atomic mass is 32.2. The lowest BCUT2D eigenvalue weighted by Gasteiger charge is -2.39. The third-order valence-corrected chi connectivity index (χ3v) is 8.54. The van der Waals surface area contributed by atoms with Gasteiger partial charge in [-0.1, -0.05) is 60.7 Å². The average Bonchev–Trinajstić information content (AvgIpc) is 3.23. The van der Waals surface area contributed by atoms with Crippen molar-refractivity contribution in [2.75, 3.05) is 33.2 Å². The SMILES string of the molecule is [2H]C([2H])([2H])OCCN1C([2H])([2H])C([2H])([2H])C([2H])(N(C(=O)Cn2c(SC([2H])([2H])c3cccc(F)c3F)cc(=O)c3ccccc32)C([2H])([2H])c2ccc(-c3ccc(C(F)(F)F)cc3)cc2)C([2H])([2H])C1([2H])[2H]. The monoisotopic (exact) mass is 751 g/mol. The molecule has 6 rings (SSSR count). The number of ether oxygens (including phenoxy) is 1. The van der Waals surface area contributed by atoms with E-state index in [9.17, 15) is 32.0 Å². The molecule has 0 atom stereocenters. The van der Waals surface area contributed by atoms with Gasteiger partial charge in [-0.15, -0.1) is 11.8 Å². The fourth-order valence-corrected chi connectivity index (χ4v) is 5.88. The van der Waals surface area contributed by atoms with Crippen LogP contribution in [0.5, 0.6) is 0 Å². The normalized spacial score (nSPS) is 24.0. The largest absolute Gasteiger partial charge is 0.416 e. The van der Waals surface area contributed by atoms with Crippen molar-refractivity contribution in [3.8, 4) is 11.1 Å². The van der Waals surface area contributed by atoms with E-state index >= 15 is 9.18 Å². The van der Waals surface area contributed by atoms with Gasteiger partial charge < -0.3 is 19.1 Å². The number of amides is 1. The maximum atomic E-state index is 15.3. The summed E-state index contributed by atoms with van der Waals surface area (Å²) in [5.74, 6) is -4.87. The molecule has 0 bridgehead atoms. The molecule has 1 fully saturated rings. The summed E-state index contributed by atoms with van der Waals surface area (Å²) in [7, 11) is -3.14. The van der Waals surface area contributed by atoms with Gasteiger partial charge in [0, 0.05) is 75.5 Å². The number of thioether (sulfide) groups is 1. The number of alkyl halides is 3. The lowest BCUT2D eigenvalue weighted by molar-refractivity contribution is -0.137. The van der Waals surface area contributed by atoms with Crippen molar-refractivity contribution in [3.05, 3.63) is 136 Å². The smallest absolute Gasteiger partial charge is 0.383 e. The Morgan fingerprint density at radius 1 is 1.00 bits per heavy atom. The summed E-state index contributed by atoms with van der Waals surface area (Å²) in [5, 5.41) is -0.695. The molecule has 52 heavy (non-hydrogen) atoms. The number of likely N-dealkylation sites (tertiary alicyclic amines) is 1. The summed E-state index contributed by atoms with van der Waals surface area (Å²) >= 11 is 0.0692. The first-order chi connectivity index (χ1) is 31.1. The molecule has 1 saturated heterocycles. The number of carbonyl (C=O) groups is 1. The molecule has 272 valence electrons. The maximum Gasteiger partial charge on any atom is 0.416 e. The van der Waals surface area contributed by atoms with Crippen molar-refractivity contribution in [1.29, 1.82) is 0 Å². The van der Waals surface area contributed by atoms with Gasteiger partial charge in [0.1, 0.15) is 6.54 Å². The van der Waals surface area contributed by atoms with Gasteiger partial charge in [0.05, 0.1) is 30.9 Å². The van der Waals surface area contributed by atoms with E-state index in [-0.39, 0.29) is 43.6 Å². The number of hydrogen-bond donors (Lipinski definition) is 0. The van der Waals surface area contributed by atoms with Crippen LogP contribution in [-0.2, 0) is 34.5 Å². The molecule has 0 unspecified atom stereocenters. The number of methoxy groups -OCH3 is 1. The number of carbonyl (C=O) groups excluding carboxylic acids is 1. The molecule has 0 spiro atoms. The fourth-order valence-electron chi connectivity index (χ4n) is 5.07. The van der Waals surface area contributed by atoms with Gasteiger partial charge in [0.25, 0.3) is 0 Å². The summed E-state index contributed by atoms with van der Waals surface area (Å²) in [5.41, 5.74) is -6.17. The minimum atomic E-state index is -4.69. The van der Waals surface area contributed by atoms with Crippen LogP contribution in [0.2, 0.25) is 0 Å². The fraction of sp³-hybridized carbons (Fsp3) is 0.300. The number of rotatable bonds is 12. The molecule has 0 saturated carbocycles. The molecule has 1 aromatic heterocycles. The molecule has 12 heteroatoms. The van der Waals surface area contributed by atoms with Crippen LogP contribution in [0.4, 0.5) is 22.0 Å². The van der Waals surface area contributed by atoms with Gasteiger partial charge in [0.15, 0.2) is 17.1 Å². The molecule has 1 amide bonds. The van der Waals surface area contributed by atoms with Gasteiger partial charge in [-0.25, -0.2) is 8.78 Å². The lowest BCUT2D eigenvalue weighted by Crippen LogP contribution is -2.48. The molecular weight excluding hydrogens is 698 g/mol. The zero-order valence-electron chi connectivity index (χ0n) is 42.7. The zero-order chi connectivity index (χ0) is 51.0. The standard InChI is InChI=1S/C40H38F5N3O3S/c1-51-22-21-46-19-17-32(18-20-46)47(24-27-9-11-28(12-10-27)29-13-15-31(16-14-29)40(43,44)45)37(50)25-48-35-8-3-2-6-33(35)36(49)23-38(48)52-26-30-5-4-7-34(41)39(30)42/h2-16,23,32H,17-22,24-26H2,1H3/i1D3,17D2,18D2,19D2,20D2,24D2,26D2,32D. The Balaban J connectivity index is 1.57. The number of para-hydroxylation sites is 1. The van der Waals surface area contributed by atoms with Crippen LogP contribution in [0.25, 0.3) is 22.0 Å². The second-order valence-corrected chi connectivity index (χ2v) is 11.9. The van der Waals surface area contributed by atoms with Gasteiger partial charge in [-0.2, -0.15) is 13.2 Å². The molecule has 1 aliphatic rings. The third-order valence-electron chi connectivity index (χ3n) is 7.67. The molecule has 6 nitrogen and oxygen atoms in total. The van der Waals surface area contributed by atoms with Gasteiger partial charge in [-0.3, -0.25) is 9.59 Å². The van der Waals surface area contributed by atoms with E-state index in [4.69, 9.17) is 12.3 Å². The Bertz CT molecular complexity index is 2750. The van der Waals surface area contributed by atoms with Crippen molar-refractivity contribution in [2.24, 2.45) is 0 Å². The van der Waals surface area contributed by atoms with Gasteiger partial charge in [-0.05, 0) is 59.8 Å². The third kappa shape index (κ3) is 8.74. The van der Waals surface area contributed by atoms with Crippen LogP contribution < -0.4 is 5.43 Å². The minimum Gasteiger partial charge on any atom is -0.383 e. The molecule has 0 N–H and O–H groups in total. The predicted molar refractivity (Wildman–Crippen MR) is 193 cm³/mol. The van der Waals surface area contributed by atoms with E-state index in [1.165, 1.54) is 24.3 Å². The van der Waals surface area contributed by atoms with E-state index in [1.54, 1.807) is 0 Å². The van der Waals surface area contributed by atoms with Crippen molar-refractivity contribution in [1.82, 2.24) is 14.4 Å². The molecule has 0 aliphatic carbocycles. The highest BCUT2D eigenvalue weighted by molar-refractivity contribution is 7.98. The molecular formula is C40H38F5N3O3S. The minimum absolute atomic E-state index is 0.0692. The molecule has 0 radical (unpaired) electrons. The number of nitrogens with zero attached hydrogens (tertiary/aromatic N) is 3. The molecule has 5 aromatic rings. The molecule has 1 aliphatic heterocycles. The van der Waals surface area contributed by atoms with Crippen molar-refractivity contribution in [3.63, 3.8) is 0 Å². The number of pyridine rings is 1.